The number of carbonyl (C=O) groups is 2. The summed E-state index contributed by atoms with van der Waals surface area (Å²) in [6.07, 6.45) is -0.299. The summed E-state index contributed by atoms with van der Waals surface area (Å²) in [5.41, 5.74) is 0. The van der Waals surface area contributed by atoms with Crippen LogP contribution in [0.4, 0.5) is 0 Å². The molecule has 0 aromatic heterocycles. The van der Waals surface area contributed by atoms with Crippen LogP contribution >= 0.6 is 0 Å². The number of methoxy groups -OCH3 is 1. The standard InChI is InChI=1S/C11H20N2O5/c1-17-9(5-11(15)16)6-13-10(14)4-8-7-18-3-2-12-8/h8-9,12H,2-7H2,1H3,(H,13,14)(H,15,16). The van der Waals surface area contributed by atoms with Gasteiger partial charge in [0.2, 0.25) is 5.91 Å². The highest BCUT2D eigenvalue weighted by Gasteiger charge is 2.18. The van der Waals surface area contributed by atoms with Crippen LogP contribution in [0.3, 0.4) is 0 Å². The predicted octanol–water partition coefficient (Wildman–Crippen LogP) is -1.03. The molecule has 1 saturated heterocycles. The van der Waals surface area contributed by atoms with Gasteiger partial charge in [0.25, 0.3) is 0 Å². The zero-order valence-electron chi connectivity index (χ0n) is 10.5. The number of aliphatic carboxylic acids is 1. The molecule has 3 N–H and O–H groups in total. The Balaban J connectivity index is 2.20. The van der Waals surface area contributed by atoms with Crippen LogP contribution in [0.5, 0.6) is 0 Å². The number of nitrogens with one attached hydrogen (secondary N) is 2. The van der Waals surface area contributed by atoms with Gasteiger partial charge in [0.1, 0.15) is 0 Å². The lowest BCUT2D eigenvalue weighted by Crippen LogP contribution is -2.45. The van der Waals surface area contributed by atoms with Crippen molar-refractivity contribution in [3.8, 4) is 0 Å². The van der Waals surface area contributed by atoms with E-state index in [2.05, 4.69) is 10.6 Å². The van der Waals surface area contributed by atoms with Crippen molar-refractivity contribution in [1.82, 2.24) is 10.6 Å². The van der Waals surface area contributed by atoms with E-state index in [0.717, 1.165) is 6.54 Å². The number of amides is 1. The molecular weight excluding hydrogens is 240 g/mol. The molecule has 2 atom stereocenters. The van der Waals surface area contributed by atoms with E-state index in [1.54, 1.807) is 0 Å². The summed E-state index contributed by atoms with van der Waals surface area (Å²) in [6.45, 7) is 2.14. The Morgan fingerprint density at radius 3 is 2.94 bits per heavy atom. The highest BCUT2D eigenvalue weighted by Crippen LogP contribution is 1.99. The van der Waals surface area contributed by atoms with Gasteiger partial charge in [-0.3, -0.25) is 9.59 Å². The van der Waals surface area contributed by atoms with Gasteiger partial charge in [-0.25, -0.2) is 0 Å². The van der Waals surface area contributed by atoms with E-state index in [4.69, 9.17) is 14.6 Å². The van der Waals surface area contributed by atoms with Gasteiger partial charge in [-0.2, -0.15) is 0 Å². The minimum atomic E-state index is -0.946. The number of hydrogen-bond donors (Lipinski definition) is 3. The van der Waals surface area contributed by atoms with Crippen molar-refractivity contribution in [3.05, 3.63) is 0 Å². The molecule has 0 aromatic carbocycles. The van der Waals surface area contributed by atoms with Gasteiger partial charge in [0, 0.05) is 32.7 Å². The second-order valence-corrected chi connectivity index (χ2v) is 4.19. The van der Waals surface area contributed by atoms with E-state index in [0.29, 0.717) is 19.6 Å². The summed E-state index contributed by atoms with van der Waals surface area (Å²) in [7, 11) is 1.43. The van der Waals surface area contributed by atoms with Crippen molar-refractivity contribution >= 4 is 11.9 Å². The first-order valence-corrected chi connectivity index (χ1v) is 5.94. The minimum Gasteiger partial charge on any atom is -0.481 e. The lowest BCUT2D eigenvalue weighted by atomic mass is 10.2. The van der Waals surface area contributed by atoms with Crippen LogP contribution in [0.15, 0.2) is 0 Å². The molecule has 0 saturated carbocycles. The second-order valence-electron chi connectivity index (χ2n) is 4.19. The Bertz CT molecular complexity index is 279. The molecule has 18 heavy (non-hydrogen) atoms. The molecule has 0 aliphatic carbocycles. The quantitative estimate of drug-likeness (QED) is 0.541. The van der Waals surface area contributed by atoms with Crippen molar-refractivity contribution in [2.45, 2.75) is 25.0 Å². The smallest absolute Gasteiger partial charge is 0.306 e. The van der Waals surface area contributed by atoms with Gasteiger partial charge < -0.3 is 25.2 Å². The predicted molar refractivity (Wildman–Crippen MR) is 63.3 cm³/mol. The normalized spacial score (nSPS) is 21.3. The van der Waals surface area contributed by atoms with Crippen LogP contribution in [-0.2, 0) is 19.1 Å². The molecule has 1 amide bonds. The third-order valence-corrected chi connectivity index (χ3v) is 2.69. The zero-order valence-corrected chi connectivity index (χ0v) is 10.5. The Morgan fingerprint density at radius 1 is 1.61 bits per heavy atom. The van der Waals surface area contributed by atoms with Crippen LogP contribution in [0.25, 0.3) is 0 Å². The van der Waals surface area contributed by atoms with Gasteiger partial charge in [0.15, 0.2) is 0 Å². The summed E-state index contributed by atoms with van der Waals surface area (Å²) in [4.78, 5) is 22.1. The molecule has 0 radical (unpaired) electrons. The lowest BCUT2D eigenvalue weighted by molar-refractivity contribution is -0.140. The number of morpholine rings is 1. The van der Waals surface area contributed by atoms with Gasteiger partial charge in [-0.05, 0) is 0 Å². The van der Waals surface area contributed by atoms with Gasteiger partial charge >= 0.3 is 5.97 Å². The van der Waals surface area contributed by atoms with Crippen molar-refractivity contribution in [2.24, 2.45) is 0 Å². The first-order chi connectivity index (χ1) is 8.61. The van der Waals surface area contributed by atoms with Gasteiger partial charge in [0.05, 0.1) is 25.7 Å². The SMILES string of the molecule is COC(CNC(=O)CC1COCCN1)CC(=O)O. The Labute approximate surface area is 106 Å². The molecule has 7 nitrogen and oxygen atoms in total. The molecule has 1 fully saturated rings. The Morgan fingerprint density at radius 2 is 2.39 bits per heavy atom. The van der Waals surface area contributed by atoms with Crippen LogP contribution in [0, 0.1) is 0 Å². The molecule has 0 bridgehead atoms. The van der Waals surface area contributed by atoms with Crippen LogP contribution in [0.2, 0.25) is 0 Å². The van der Waals surface area contributed by atoms with Crippen molar-refractivity contribution in [2.75, 3.05) is 33.4 Å². The third-order valence-electron chi connectivity index (χ3n) is 2.69. The molecule has 0 aromatic rings. The van der Waals surface area contributed by atoms with Crippen molar-refractivity contribution in [1.29, 1.82) is 0 Å². The highest BCUT2D eigenvalue weighted by molar-refractivity contribution is 5.76. The second kappa shape index (κ2) is 8.02. The molecule has 1 rings (SSSR count). The summed E-state index contributed by atoms with van der Waals surface area (Å²) >= 11 is 0. The molecule has 7 heteroatoms. The topological polar surface area (TPSA) is 96.9 Å². The Hall–Kier alpha value is -1.18. The summed E-state index contributed by atoms with van der Waals surface area (Å²) < 4.78 is 10.2. The fourth-order valence-corrected chi connectivity index (χ4v) is 1.71. The van der Waals surface area contributed by atoms with Crippen LogP contribution in [0.1, 0.15) is 12.8 Å². The molecule has 1 aliphatic rings. The maximum atomic E-state index is 11.6. The fraction of sp³-hybridized carbons (Fsp3) is 0.818. The van der Waals surface area contributed by atoms with Crippen molar-refractivity contribution < 1.29 is 24.2 Å². The molecule has 0 spiro atoms. The maximum Gasteiger partial charge on any atom is 0.306 e. The van der Waals surface area contributed by atoms with Crippen LogP contribution in [-0.4, -0.2) is 62.5 Å². The number of rotatable bonds is 7. The first kappa shape index (κ1) is 14.9. The molecule has 1 aliphatic heterocycles. The van der Waals surface area contributed by atoms with Gasteiger partial charge in [-0.1, -0.05) is 0 Å². The van der Waals surface area contributed by atoms with E-state index >= 15 is 0 Å². The maximum absolute atomic E-state index is 11.6. The zero-order chi connectivity index (χ0) is 13.4. The number of carboxylic acid groups (broad SMARTS) is 1. The minimum absolute atomic E-state index is 0.0271. The summed E-state index contributed by atoms with van der Waals surface area (Å²) in [5, 5.41) is 14.5. The summed E-state index contributed by atoms with van der Waals surface area (Å²) in [5.74, 6) is -1.08. The molecule has 104 valence electrons. The third kappa shape index (κ3) is 5.95. The van der Waals surface area contributed by atoms with E-state index in [9.17, 15) is 9.59 Å². The first-order valence-electron chi connectivity index (χ1n) is 5.94. The molecule has 1 heterocycles. The summed E-state index contributed by atoms with van der Waals surface area (Å²) in [6, 6.07) is 0.0271. The number of hydrogen-bond acceptors (Lipinski definition) is 5. The van der Waals surface area contributed by atoms with E-state index in [1.807, 2.05) is 0 Å². The highest BCUT2D eigenvalue weighted by atomic mass is 16.5. The number of carbonyl (C=O) groups excluding carboxylic acids is 1. The van der Waals surface area contributed by atoms with E-state index in [-0.39, 0.29) is 24.9 Å². The fourth-order valence-electron chi connectivity index (χ4n) is 1.71. The average molecular weight is 260 g/mol. The lowest BCUT2D eigenvalue weighted by Gasteiger charge is -2.23. The van der Waals surface area contributed by atoms with Crippen LogP contribution < -0.4 is 10.6 Å². The molecule has 2 unspecified atom stereocenters. The number of ether oxygens (including phenoxy) is 2. The van der Waals surface area contributed by atoms with Gasteiger partial charge in [-0.15, -0.1) is 0 Å². The molecular formula is C11H20N2O5. The van der Waals surface area contributed by atoms with E-state index < -0.39 is 12.1 Å². The van der Waals surface area contributed by atoms with Crippen molar-refractivity contribution in [3.63, 3.8) is 0 Å². The largest absolute Gasteiger partial charge is 0.481 e. The average Bonchev–Trinajstić information content (AvgIpc) is 2.35. The van der Waals surface area contributed by atoms with E-state index in [1.165, 1.54) is 7.11 Å². The monoisotopic (exact) mass is 260 g/mol. The Kier molecular flexibility index (Phi) is 6.63. The number of carboxylic acids is 1.